The van der Waals surface area contributed by atoms with Gasteiger partial charge in [0.15, 0.2) is 52.1 Å². The van der Waals surface area contributed by atoms with Gasteiger partial charge in [-0.2, -0.15) is 15.0 Å². The van der Waals surface area contributed by atoms with E-state index in [2.05, 4.69) is 50.9 Å². The Morgan fingerprint density at radius 3 is 1.57 bits per heavy atom. The number of H-pyrrole nitrogens is 3. The van der Waals surface area contributed by atoms with Crippen LogP contribution in [0.5, 0.6) is 0 Å². The molecule has 1 unspecified atom stereocenters. The number of hydrogen-bond acceptors (Lipinski definition) is 22. The van der Waals surface area contributed by atoms with Gasteiger partial charge in [-0.25, -0.2) is 0 Å². The minimum atomic E-state index is -1.32. The number of para-hydroxylation sites is 1. The Labute approximate surface area is 411 Å². The average Bonchev–Trinajstić information content (AvgIpc) is 4.17. The van der Waals surface area contributed by atoms with Crippen molar-refractivity contribution in [3.63, 3.8) is 0 Å². The smallest absolute Gasteiger partial charge is 0.317 e. The van der Waals surface area contributed by atoms with Gasteiger partial charge in [0, 0.05) is 23.9 Å². The number of aliphatic carboxylic acids is 2. The van der Waals surface area contributed by atoms with Crippen LogP contribution in [-0.2, 0) is 19.1 Å². The van der Waals surface area contributed by atoms with Gasteiger partial charge in [0.25, 0.3) is 0 Å². The van der Waals surface area contributed by atoms with E-state index in [4.69, 9.17) is 14.9 Å². The predicted molar refractivity (Wildman–Crippen MR) is 260 cm³/mol. The molecule has 0 bridgehead atoms. The van der Waals surface area contributed by atoms with Crippen molar-refractivity contribution in [2.45, 2.75) is 36.3 Å². The maximum absolute atomic E-state index is 11.9. The van der Waals surface area contributed by atoms with Crippen LogP contribution in [0.4, 0.5) is 11.6 Å². The Hall–Kier alpha value is -7.72. The number of nitrogens with zero attached hydrogens (tertiary/aromatic N) is 6. The van der Waals surface area contributed by atoms with Gasteiger partial charge in [0.2, 0.25) is 16.3 Å². The van der Waals surface area contributed by atoms with E-state index in [1.807, 2.05) is 30.3 Å². The number of aliphatic hydroxyl groups excluding tert-OH is 3. The molecule has 69 heavy (non-hydrogen) atoms. The lowest BCUT2D eigenvalue weighted by atomic mass is 10.3. The van der Waals surface area contributed by atoms with E-state index in [1.165, 1.54) is 34.0 Å². The summed E-state index contributed by atoms with van der Waals surface area (Å²) in [5, 5.41) is 73.6. The zero-order valence-corrected chi connectivity index (χ0v) is 38.9. The van der Waals surface area contributed by atoms with Crippen molar-refractivity contribution in [2.24, 2.45) is 0 Å². The highest BCUT2D eigenvalue weighted by molar-refractivity contribution is 8.00. The number of carbonyl (C=O) groups is 6. The number of rotatable bonds is 20. The molecule has 6 aromatic heterocycles. The van der Waals surface area contributed by atoms with E-state index >= 15 is 0 Å². The first-order valence-corrected chi connectivity index (χ1v) is 23.6. The van der Waals surface area contributed by atoms with Gasteiger partial charge in [0.05, 0.1) is 33.4 Å². The standard InChI is InChI=1S/C15H12N4O2S.C13H11N3O6S2.C13H13N3O4S2.CH4/c20-11(13-7-4-8-22-13)9-12(21)14-17-15(19-18-14)16-10-5-2-1-3-6-10;17-6(8-2-1-3-23-8)4-7(18)11-14-13(16-15-11)24-9(12(21)22)5-10(19)20;1-2-20-11(19)7-22-13-14-12(15-16-13)9(18)6-8(17)10-4-3-5-21-10;/h1-9,21H,(H2,16,17,18,19);1-4,9,18H,5H2,(H,19,20)(H,21,22)(H,14,15,16);3-6,18H,2,7H2,1H3,(H,14,15,16);1H4. The zero-order valence-electron chi connectivity index (χ0n) is 34.8. The van der Waals surface area contributed by atoms with E-state index in [9.17, 15) is 44.1 Å². The lowest BCUT2D eigenvalue weighted by Gasteiger charge is -2.05. The Kier molecular flexibility index (Phi) is 21.2. The van der Waals surface area contributed by atoms with Gasteiger partial charge in [-0.1, -0.05) is 67.3 Å². The van der Waals surface area contributed by atoms with Crippen molar-refractivity contribution in [2.75, 3.05) is 17.7 Å². The van der Waals surface area contributed by atoms with Gasteiger partial charge in [-0.15, -0.1) is 49.3 Å². The number of aromatic amines is 3. The number of thioether (sulfide) groups is 2. The zero-order chi connectivity index (χ0) is 49.0. The van der Waals surface area contributed by atoms with E-state index in [1.54, 1.807) is 59.5 Å². The number of nitrogens with one attached hydrogen (secondary N) is 4. The number of ketones is 3. The fraction of sp³-hybridized carbons (Fsp3) is 0.143. The summed E-state index contributed by atoms with van der Waals surface area (Å²) in [5.41, 5.74) is 0.825. The monoisotopic (exact) mass is 1040 g/mol. The third-order valence-electron chi connectivity index (χ3n) is 7.78. The molecule has 7 aromatic rings. The number of esters is 1. The molecule has 1 aromatic carbocycles. The van der Waals surface area contributed by atoms with Gasteiger partial charge in [-0.3, -0.25) is 44.1 Å². The molecule has 0 radical (unpaired) electrons. The predicted octanol–water partition coefficient (Wildman–Crippen LogP) is 8.00. The molecule has 0 saturated carbocycles. The number of hydrogen-bond donors (Lipinski definition) is 9. The number of carboxylic acids is 2. The summed E-state index contributed by atoms with van der Waals surface area (Å²) >= 11 is 5.51. The Bertz CT molecular complexity index is 2880. The lowest BCUT2D eigenvalue weighted by Crippen LogP contribution is -2.20. The summed E-state index contributed by atoms with van der Waals surface area (Å²) < 4.78 is 4.78. The van der Waals surface area contributed by atoms with Crippen LogP contribution in [0.3, 0.4) is 0 Å². The molecule has 0 amide bonds. The van der Waals surface area contributed by atoms with E-state index in [0.29, 0.717) is 38.9 Å². The summed E-state index contributed by atoms with van der Waals surface area (Å²) in [6.45, 7) is 2.04. The van der Waals surface area contributed by atoms with Crippen LogP contribution < -0.4 is 5.32 Å². The summed E-state index contributed by atoms with van der Waals surface area (Å²) in [5.74, 6) is -4.54. The summed E-state index contributed by atoms with van der Waals surface area (Å²) in [7, 11) is 0. The topological polar surface area (TPSA) is 350 Å². The van der Waals surface area contributed by atoms with E-state index in [-0.39, 0.29) is 70.0 Å². The molecule has 22 nitrogen and oxygen atoms in total. The van der Waals surface area contributed by atoms with Gasteiger partial charge < -0.3 is 35.6 Å². The lowest BCUT2D eigenvalue weighted by molar-refractivity contribution is -0.142. The third-order valence-corrected chi connectivity index (χ3v) is 12.3. The van der Waals surface area contributed by atoms with E-state index in [0.717, 1.165) is 35.7 Å². The number of benzene rings is 1. The summed E-state index contributed by atoms with van der Waals surface area (Å²) in [6, 6.07) is 19.6. The maximum atomic E-state index is 11.9. The van der Waals surface area contributed by atoms with Crippen molar-refractivity contribution in [1.82, 2.24) is 45.5 Å². The highest BCUT2D eigenvalue weighted by Gasteiger charge is 2.25. The quantitative estimate of drug-likeness (QED) is 0.0115. The van der Waals surface area contributed by atoms with Crippen molar-refractivity contribution < 1.29 is 59.0 Å². The Morgan fingerprint density at radius 2 is 1.12 bits per heavy atom. The van der Waals surface area contributed by atoms with Crippen LogP contribution in [-0.4, -0.2) is 124 Å². The number of anilines is 2. The minimum Gasteiger partial charge on any atom is -0.504 e. The number of ether oxygens (including phenoxy) is 1. The Morgan fingerprint density at radius 1 is 0.652 bits per heavy atom. The first kappa shape index (κ1) is 53.9. The SMILES string of the molecule is C.CCOC(=O)CSc1n[nH]c(C(O)=CC(=O)c2cccs2)n1.O=C(C=C(O)c1nc(Nc2ccccc2)n[nH]1)c1cccs1.O=C(O)CC(Sc1n[nH]c(C(O)=CC(=O)c2cccs2)n1)C(=O)O. The highest BCUT2D eigenvalue weighted by Crippen LogP contribution is 2.24. The highest BCUT2D eigenvalue weighted by atomic mass is 32.2. The molecule has 0 aliphatic rings. The molecule has 9 N–H and O–H groups in total. The van der Waals surface area contributed by atoms with Crippen LogP contribution in [0.2, 0.25) is 0 Å². The first-order valence-electron chi connectivity index (χ1n) is 19.1. The molecule has 0 spiro atoms. The number of carbonyl (C=O) groups excluding carboxylic acids is 4. The van der Waals surface area contributed by atoms with Crippen molar-refractivity contribution >= 4 is 122 Å². The maximum Gasteiger partial charge on any atom is 0.317 e. The number of aliphatic hydroxyl groups is 3. The van der Waals surface area contributed by atoms with Crippen molar-refractivity contribution in [3.05, 3.63) is 133 Å². The minimum absolute atomic E-state index is 0. The van der Waals surface area contributed by atoms with Crippen LogP contribution in [0.15, 0.2) is 111 Å². The van der Waals surface area contributed by atoms with Crippen LogP contribution in [0.25, 0.3) is 17.3 Å². The van der Waals surface area contributed by atoms with Crippen LogP contribution >= 0.6 is 57.5 Å². The van der Waals surface area contributed by atoms with Crippen molar-refractivity contribution in [1.29, 1.82) is 0 Å². The second-order valence-corrected chi connectivity index (χ2v) is 17.6. The second-order valence-electron chi connectivity index (χ2n) is 12.7. The first-order chi connectivity index (χ1) is 32.7. The summed E-state index contributed by atoms with van der Waals surface area (Å²) in [4.78, 5) is 81.9. The van der Waals surface area contributed by atoms with E-state index < -0.39 is 35.2 Å². The number of aromatic nitrogens is 9. The molecule has 6 heterocycles. The molecule has 1 atom stereocenters. The number of allylic oxidation sites excluding steroid dienone is 3. The molecule has 0 saturated heterocycles. The fourth-order valence-electron chi connectivity index (χ4n) is 4.76. The molecule has 27 heteroatoms. The van der Waals surface area contributed by atoms with Gasteiger partial charge >= 0.3 is 17.9 Å². The molecular weight excluding hydrogens is 997 g/mol. The molecule has 0 aliphatic carbocycles. The Balaban J connectivity index is 0.000000224. The third kappa shape index (κ3) is 17.5. The fourth-order valence-corrected chi connectivity index (χ4v) is 8.09. The molecule has 7 rings (SSSR count). The molecular formula is C42H40N10O12S5. The normalized spacial score (nSPS) is 11.7. The molecule has 0 fully saturated rings. The molecule has 0 aliphatic heterocycles. The van der Waals surface area contributed by atoms with Gasteiger partial charge in [0.1, 0.15) is 5.25 Å². The molecule has 360 valence electrons. The summed E-state index contributed by atoms with van der Waals surface area (Å²) in [6.07, 6.45) is 2.56. The largest absolute Gasteiger partial charge is 0.504 e. The second kappa shape index (κ2) is 27.2. The average molecular weight is 1040 g/mol. The van der Waals surface area contributed by atoms with Crippen LogP contribution in [0.1, 0.15) is 67.3 Å². The number of carboxylic acid groups (broad SMARTS) is 2. The van der Waals surface area contributed by atoms with Crippen LogP contribution in [0, 0.1) is 0 Å². The number of thiophene rings is 3. The van der Waals surface area contributed by atoms with Crippen molar-refractivity contribution in [3.8, 4) is 0 Å². The van der Waals surface area contributed by atoms with Gasteiger partial charge in [-0.05, 0) is 53.4 Å².